The summed E-state index contributed by atoms with van der Waals surface area (Å²) < 4.78 is 2.58. The molecule has 0 aliphatic carbocycles. The molecule has 0 atom stereocenters. The number of nitrogens with zero attached hydrogens (tertiary/aromatic N) is 4. The number of aryl methyl sites for hydroxylation is 2. The summed E-state index contributed by atoms with van der Waals surface area (Å²) in [6.45, 7) is 7.76. The number of hydrogen-bond acceptors (Lipinski definition) is 4. The van der Waals surface area contributed by atoms with Gasteiger partial charge in [0.2, 0.25) is 0 Å². The quantitative estimate of drug-likeness (QED) is 0.844. The van der Waals surface area contributed by atoms with Gasteiger partial charge in [0.15, 0.2) is 5.65 Å². The van der Waals surface area contributed by atoms with Crippen molar-refractivity contribution in [3.63, 3.8) is 0 Å². The molecule has 21 heavy (non-hydrogen) atoms. The van der Waals surface area contributed by atoms with Gasteiger partial charge in [0.25, 0.3) is 5.56 Å². The first-order valence-corrected chi connectivity index (χ1v) is 7.30. The maximum Gasteiger partial charge on any atom is 0.332 e. The van der Waals surface area contributed by atoms with Crippen LogP contribution in [0.5, 0.6) is 0 Å². The number of pyridine rings is 1. The molecule has 2 aromatic rings. The molecule has 2 rings (SSSR count). The second-order valence-electron chi connectivity index (χ2n) is 5.06. The Hall–Kier alpha value is -2.11. The summed E-state index contributed by atoms with van der Waals surface area (Å²) >= 11 is 0. The van der Waals surface area contributed by atoms with Gasteiger partial charge in [0.05, 0.1) is 5.69 Å². The largest absolute Gasteiger partial charge is 0.371 e. The predicted octanol–water partition coefficient (Wildman–Crippen LogP) is 1.04. The number of aromatic nitrogens is 3. The highest BCUT2D eigenvalue weighted by molar-refractivity contribution is 5.90. The first-order chi connectivity index (χ1) is 9.97. The third-order valence-corrected chi connectivity index (χ3v) is 3.98. The number of hydrogen-bond donors (Lipinski definition) is 0. The Balaban J connectivity index is 3.06. The van der Waals surface area contributed by atoms with E-state index in [1.54, 1.807) is 13.2 Å². The first kappa shape index (κ1) is 15.3. The van der Waals surface area contributed by atoms with Crippen molar-refractivity contribution in [2.45, 2.75) is 27.2 Å². The van der Waals surface area contributed by atoms with E-state index < -0.39 is 0 Å². The molecule has 6 heteroatoms. The summed E-state index contributed by atoms with van der Waals surface area (Å²) in [6, 6.07) is 0. The van der Waals surface area contributed by atoms with Crippen LogP contribution in [-0.2, 0) is 20.5 Å². The van der Waals surface area contributed by atoms with Crippen LogP contribution in [0.25, 0.3) is 11.0 Å². The Bertz CT molecular complexity index is 785. The SMILES string of the molecule is CCc1cnc2c(c1N(CC)CC)c(=O)n(C)c(=O)n2C. The van der Waals surface area contributed by atoms with Gasteiger partial charge in [0.1, 0.15) is 5.39 Å². The van der Waals surface area contributed by atoms with Gasteiger partial charge in [-0.05, 0) is 25.8 Å². The van der Waals surface area contributed by atoms with Gasteiger partial charge in [-0.2, -0.15) is 0 Å². The molecule has 0 unspecified atom stereocenters. The number of rotatable bonds is 4. The van der Waals surface area contributed by atoms with Crippen LogP contribution in [0.2, 0.25) is 0 Å². The molecular formula is C15H22N4O2. The minimum atomic E-state index is -0.352. The van der Waals surface area contributed by atoms with Crippen LogP contribution in [0.3, 0.4) is 0 Å². The van der Waals surface area contributed by atoms with E-state index in [2.05, 4.69) is 23.7 Å². The minimum Gasteiger partial charge on any atom is -0.371 e. The van der Waals surface area contributed by atoms with E-state index in [4.69, 9.17) is 0 Å². The van der Waals surface area contributed by atoms with Crippen LogP contribution in [0.4, 0.5) is 5.69 Å². The lowest BCUT2D eigenvalue weighted by Crippen LogP contribution is -2.38. The molecule has 0 bridgehead atoms. The van der Waals surface area contributed by atoms with Crippen molar-refractivity contribution in [2.75, 3.05) is 18.0 Å². The maximum atomic E-state index is 12.6. The average Bonchev–Trinajstić information content (AvgIpc) is 2.51. The highest BCUT2D eigenvalue weighted by Gasteiger charge is 2.19. The first-order valence-electron chi connectivity index (χ1n) is 7.30. The zero-order valence-electron chi connectivity index (χ0n) is 13.3. The van der Waals surface area contributed by atoms with E-state index in [1.165, 1.54) is 11.6 Å². The van der Waals surface area contributed by atoms with Crippen molar-refractivity contribution in [1.29, 1.82) is 0 Å². The van der Waals surface area contributed by atoms with Gasteiger partial charge < -0.3 is 4.90 Å². The fourth-order valence-corrected chi connectivity index (χ4v) is 2.71. The predicted molar refractivity (Wildman–Crippen MR) is 85.2 cm³/mol. The van der Waals surface area contributed by atoms with E-state index in [9.17, 15) is 9.59 Å². The zero-order chi connectivity index (χ0) is 15.7. The molecular weight excluding hydrogens is 268 g/mol. The summed E-state index contributed by atoms with van der Waals surface area (Å²) in [7, 11) is 3.16. The summed E-state index contributed by atoms with van der Waals surface area (Å²) in [6.07, 6.45) is 2.57. The van der Waals surface area contributed by atoms with E-state index in [1.807, 2.05) is 6.92 Å². The van der Waals surface area contributed by atoms with E-state index in [0.717, 1.165) is 35.3 Å². The normalized spacial score (nSPS) is 11.1. The second kappa shape index (κ2) is 5.71. The Morgan fingerprint density at radius 3 is 2.24 bits per heavy atom. The van der Waals surface area contributed by atoms with Crippen molar-refractivity contribution < 1.29 is 0 Å². The lowest BCUT2D eigenvalue weighted by Gasteiger charge is -2.25. The Labute approximate surface area is 123 Å². The molecule has 0 aliphatic rings. The zero-order valence-corrected chi connectivity index (χ0v) is 13.3. The lowest BCUT2D eigenvalue weighted by molar-refractivity contribution is 0.706. The fourth-order valence-electron chi connectivity index (χ4n) is 2.71. The second-order valence-corrected chi connectivity index (χ2v) is 5.06. The van der Waals surface area contributed by atoms with Crippen molar-refractivity contribution >= 4 is 16.7 Å². The van der Waals surface area contributed by atoms with E-state index >= 15 is 0 Å². The van der Waals surface area contributed by atoms with Crippen molar-refractivity contribution in [1.82, 2.24) is 14.1 Å². The molecule has 0 aromatic carbocycles. The summed E-state index contributed by atoms with van der Waals surface area (Å²) in [5, 5.41) is 0.530. The van der Waals surface area contributed by atoms with Gasteiger partial charge in [-0.15, -0.1) is 0 Å². The molecule has 0 fully saturated rings. The van der Waals surface area contributed by atoms with Crippen LogP contribution in [0.1, 0.15) is 26.3 Å². The molecule has 0 aliphatic heterocycles. The molecule has 6 nitrogen and oxygen atoms in total. The molecule has 0 radical (unpaired) electrons. The molecule has 2 aromatic heterocycles. The van der Waals surface area contributed by atoms with E-state index in [0.29, 0.717) is 11.0 Å². The Morgan fingerprint density at radius 1 is 1.10 bits per heavy atom. The molecule has 0 amide bonds. The van der Waals surface area contributed by atoms with E-state index in [-0.39, 0.29) is 11.2 Å². The molecule has 0 saturated heterocycles. The van der Waals surface area contributed by atoms with Crippen molar-refractivity contribution in [3.8, 4) is 0 Å². The van der Waals surface area contributed by atoms with Crippen molar-refractivity contribution in [3.05, 3.63) is 32.6 Å². The van der Waals surface area contributed by atoms with Crippen LogP contribution < -0.4 is 16.1 Å². The van der Waals surface area contributed by atoms with Gasteiger partial charge >= 0.3 is 5.69 Å². The third kappa shape index (κ3) is 2.24. The maximum absolute atomic E-state index is 12.6. The highest BCUT2D eigenvalue weighted by Crippen LogP contribution is 2.26. The van der Waals surface area contributed by atoms with Crippen LogP contribution >= 0.6 is 0 Å². The van der Waals surface area contributed by atoms with Gasteiger partial charge in [0, 0.05) is 33.4 Å². The standard InChI is InChI=1S/C15H22N4O2/c1-6-10-9-16-13-11(12(10)19(7-2)8-3)14(20)18(5)15(21)17(13)4/h9H,6-8H2,1-5H3. The van der Waals surface area contributed by atoms with Crippen LogP contribution in [0.15, 0.2) is 15.8 Å². The van der Waals surface area contributed by atoms with Crippen LogP contribution in [-0.4, -0.2) is 27.2 Å². The highest BCUT2D eigenvalue weighted by atomic mass is 16.2. The molecule has 0 saturated carbocycles. The minimum absolute atomic E-state index is 0.280. The summed E-state index contributed by atoms with van der Waals surface area (Å²) in [4.78, 5) is 31.2. The Morgan fingerprint density at radius 2 is 1.71 bits per heavy atom. The average molecular weight is 290 g/mol. The number of fused-ring (bicyclic) bond motifs is 1. The monoisotopic (exact) mass is 290 g/mol. The molecule has 114 valence electrons. The smallest absolute Gasteiger partial charge is 0.332 e. The summed E-state index contributed by atoms with van der Waals surface area (Å²) in [5.41, 5.74) is 1.75. The lowest BCUT2D eigenvalue weighted by atomic mass is 10.1. The van der Waals surface area contributed by atoms with Crippen molar-refractivity contribution in [2.24, 2.45) is 14.1 Å². The van der Waals surface area contributed by atoms with Gasteiger partial charge in [-0.25, -0.2) is 9.78 Å². The number of anilines is 1. The molecule has 0 N–H and O–H groups in total. The van der Waals surface area contributed by atoms with Crippen LogP contribution in [0, 0.1) is 0 Å². The molecule has 0 spiro atoms. The van der Waals surface area contributed by atoms with Gasteiger partial charge in [-0.3, -0.25) is 13.9 Å². The molecule has 2 heterocycles. The topological polar surface area (TPSA) is 60.1 Å². The fraction of sp³-hybridized carbons (Fsp3) is 0.533. The summed E-state index contributed by atoms with van der Waals surface area (Å²) in [5.74, 6) is 0. The Kier molecular flexibility index (Phi) is 4.16. The van der Waals surface area contributed by atoms with Gasteiger partial charge in [-0.1, -0.05) is 6.92 Å². The third-order valence-electron chi connectivity index (χ3n) is 3.98.